The number of anilines is 1. The number of alkyl halides is 2. The molecule has 39 heavy (non-hydrogen) atoms. The first kappa shape index (κ1) is 35.1. The van der Waals surface area contributed by atoms with E-state index in [1.807, 2.05) is 0 Å². The third kappa shape index (κ3) is 18.9. The summed E-state index contributed by atoms with van der Waals surface area (Å²) < 4.78 is 16.4. The number of amides is 2. The molecule has 1 aromatic rings. The van der Waals surface area contributed by atoms with Crippen LogP contribution in [0.5, 0.6) is 0 Å². The average Bonchev–Trinajstić information content (AvgIpc) is 2.93. The molecular weight excluding hydrogens is 543 g/mol. The van der Waals surface area contributed by atoms with E-state index in [4.69, 9.17) is 37.4 Å². The first-order chi connectivity index (χ1) is 19.0. The number of halogens is 2. The number of nitrogens with zero attached hydrogens (tertiary/aromatic N) is 1. The Morgan fingerprint density at radius 3 is 2.08 bits per heavy atom. The second-order valence-electron chi connectivity index (χ2n) is 8.89. The molecule has 2 amide bonds. The van der Waals surface area contributed by atoms with Crippen molar-refractivity contribution in [1.82, 2.24) is 16.0 Å². The van der Waals surface area contributed by atoms with Gasteiger partial charge in [-0.1, -0.05) is 18.7 Å². The van der Waals surface area contributed by atoms with Crippen LogP contribution in [0, 0.1) is 0 Å². The van der Waals surface area contributed by atoms with Crippen LogP contribution in [0.4, 0.5) is 5.69 Å². The maximum absolute atomic E-state index is 11.8. The van der Waals surface area contributed by atoms with Gasteiger partial charge >= 0.3 is 0 Å². The molecule has 0 radical (unpaired) electrons. The largest absolute Gasteiger partial charge is 0.381 e. The lowest BCUT2D eigenvalue weighted by atomic mass is 10.2. The number of carbonyl (C=O) groups excluding carboxylic acids is 2. The summed E-state index contributed by atoms with van der Waals surface area (Å²) in [6, 6.07) is 8.47. The molecule has 0 bridgehead atoms. The zero-order chi connectivity index (χ0) is 28.6. The Balaban J connectivity index is 1.90. The quantitative estimate of drug-likeness (QED) is 0.0916. The van der Waals surface area contributed by atoms with Crippen LogP contribution in [0.2, 0.25) is 0 Å². The first-order valence-electron chi connectivity index (χ1n) is 13.6. The van der Waals surface area contributed by atoms with Crippen molar-refractivity contribution in [3.63, 3.8) is 0 Å². The molecule has 0 unspecified atom stereocenters. The third-order valence-corrected chi connectivity index (χ3v) is 5.87. The molecule has 0 aromatic heterocycles. The third-order valence-electron chi connectivity index (χ3n) is 5.53. The molecule has 0 aliphatic carbocycles. The Hall–Kier alpha value is -1.88. The smallest absolute Gasteiger partial charge is 0.246 e. The predicted octanol–water partition coefficient (Wildman–Crippen LogP) is 3.09. The van der Waals surface area contributed by atoms with E-state index < -0.39 is 0 Å². The molecule has 0 saturated carbocycles. The van der Waals surface area contributed by atoms with Crippen LogP contribution >= 0.6 is 23.2 Å². The van der Waals surface area contributed by atoms with Gasteiger partial charge in [0.25, 0.3) is 0 Å². The van der Waals surface area contributed by atoms with E-state index in [9.17, 15) is 9.59 Å². The van der Waals surface area contributed by atoms with Crippen molar-refractivity contribution in [2.24, 2.45) is 0 Å². The number of hydrogen-bond donors (Lipinski definition) is 3. The fraction of sp³-hybridized carbons (Fsp3) is 0.643. The minimum absolute atomic E-state index is 0.0403. The number of carbonyl (C=O) groups is 2. The molecule has 0 saturated heterocycles. The highest BCUT2D eigenvalue weighted by Gasteiger charge is 2.05. The minimum Gasteiger partial charge on any atom is -0.381 e. The van der Waals surface area contributed by atoms with Crippen LogP contribution in [0.15, 0.2) is 36.4 Å². The Kier molecular flexibility index (Phi) is 21.6. The van der Waals surface area contributed by atoms with Gasteiger partial charge in [0.1, 0.15) is 0 Å². The zero-order valence-corrected chi connectivity index (χ0v) is 24.8. The highest BCUT2D eigenvalue weighted by Crippen LogP contribution is 2.15. The number of hydrogen-bond acceptors (Lipinski definition) is 7. The molecule has 0 fully saturated rings. The number of ether oxygens (including phenoxy) is 3. The highest BCUT2D eigenvalue weighted by molar-refractivity contribution is 6.18. The van der Waals surface area contributed by atoms with Crippen LogP contribution in [-0.2, 0) is 30.3 Å². The monoisotopic (exact) mass is 588 g/mol. The van der Waals surface area contributed by atoms with Gasteiger partial charge in [0.05, 0.1) is 26.4 Å². The van der Waals surface area contributed by atoms with Gasteiger partial charge in [0, 0.05) is 75.4 Å². The van der Waals surface area contributed by atoms with Crippen LogP contribution in [0.1, 0.15) is 31.7 Å². The molecule has 0 heterocycles. The summed E-state index contributed by atoms with van der Waals surface area (Å²) in [6.07, 6.45) is 2.00. The maximum atomic E-state index is 11.8. The zero-order valence-electron chi connectivity index (χ0n) is 23.3. The Morgan fingerprint density at radius 1 is 0.821 bits per heavy atom. The Labute approximate surface area is 243 Å². The van der Waals surface area contributed by atoms with Gasteiger partial charge in [-0.25, -0.2) is 0 Å². The molecule has 9 nitrogen and oxygen atoms in total. The van der Waals surface area contributed by atoms with Crippen molar-refractivity contribution in [3.05, 3.63) is 42.0 Å². The van der Waals surface area contributed by atoms with Gasteiger partial charge in [-0.05, 0) is 44.0 Å². The van der Waals surface area contributed by atoms with E-state index in [-0.39, 0.29) is 11.8 Å². The molecule has 3 N–H and O–H groups in total. The second-order valence-corrected chi connectivity index (χ2v) is 9.64. The lowest BCUT2D eigenvalue weighted by Crippen LogP contribution is -2.28. The number of benzene rings is 1. The Morgan fingerprint density at radius 2 is 1.44 bits per heavy atom. The topological polar surface area (TPSA) is 101 Å². The van der Waals surface area contributed by atoms with Crippen molar-refractivity contribution in [2.75, 3.05) is 89.0 Å². The first-order valence-corrected chi connectivity index (χ1v) is 14.6. The average molecular weight is 590 g/mol. The summed E-state index contributed by atoms with van der Waals surface area (Å²) in [7, 11) is 0. The van der Waals surface area contributed by atoms with Gasteiger partial charge in [-0.3, -0.25) is 9.59 Å². The molecule has 0 aliphatic heterocycles. The van der Waals surface area contributed by atoms with E-state index in [0.717, 1.165) is 44.7 Å². The molecule has 1 aromatic carbocycles. The molecule has 1 rings (SSSR count). The van der Waals surface area contributed by atoms with Crippen LogP contribution in [0.25, 0.3) is 0 Å². The van der Waals surface area contributed by atoms with E-state index in [1.54, 1.807) is 6.92 Å². The molecule has 0 aliphatic rings. The second kappa shape index (κ2) is 24.0. The summed E-state index contributed by atoms with van der Waals surface area (Å²) in [5.41, 5.74) is 2.84. The fourth-order valence-corrected chi connectivity index (χ4v) is 3.81. The number of nitrogens with one attached hydrogen (secondary N) is 3. The van der Waals surface area contributed by atoms with Gasteiger partial charge < -0.3 is 35.1 Å². The van der Waals surface area contributed by atoms with Gasteiger partial charge in [0.15, 0.2) is 0 Å². The summed E-state index contributed by atoms with van der Waals surface area (Å²) in [4.78, 5) is 25.3. The van der Waals surface area contributed by atoms with Gasteiger partial charge in [0.2, 0.25) is 11.8 Å². The van der Waals surface area contributed by atoms with Crippen molar-refractivity contribution < 1.29 is 23.8 Å². The predicted molar refractivity (Wildman–Crippen MR) is 159 cm³/mol. The molecule has 0 atom stereocenters. The Bertz CT molecular complexity index is 793. The van der Waals surface area contributed by atoms with Crippen molar-refractivity contribution >= 4 is 40.7 Å². The van der Waals surface area contributed by atoms with Gasteiger partial charge in [-0.15, -0.1) is 23.2 Å². The van der Waals surface area contributed by atoms with E-state index in [2.05, 4.69) is 51.7 Å². The normalized spacial score (nSPS) is 10.8. The molecule has 222 valence electrons. The highest BCUT2D eigenvalue weighted by atomic mass is 35.5. The molecule has 11 heteroatoms. The van der Waals surface area contributed by atoms with E-state index in [1.165, 1.54) is 5.56 Å². The van der Waals surface area contributed by atoms with Crippen LogP contribution in [-0.4, -0.2) is 95.9 Å². The molecular formula is C28H46Cl2N4O5. The summed E-state index contributed by atoms with van der Waals surface area (Å²) in [5.74, 6) is 0.934. The lowest BCUT2D eigenvalue weighted by Gasteiger charge is -2.23. The van der Waals surface area contributed by atoms with E-state index >= 15 is 0 Å². The van der Waals surface area contributed by atoms with Crippen molar-refractivity contribution in [1.29, 1.82) is 0 Å². The van der Waals surface area contributed by atoms with Crippen molar-refractivity contribution in [3.8, 4) is 0 Å². The van der Waals surface area contributed by atoms with Crippen LogP contribution in [0.3, 0.4) is 0 Å². The SMILES string of the molecule is C=C(C)C(=O)NCCOCCOCCC(=O)NCCCOCCCNCc1ccc(N(CCCl)CCCl)cc1. The standard InChI is InChI=1S/C28H46Cl2N4O5/c1-24(2)28(36)33-14-20-39-22-21-38-19-9-27(35)32-13-4-18-37-17-3-12-31-23-25-5-7-26(8-6-25)34(15-10-29)16-11-30/h5-8,31H,1,3-4,9-23H2,2H3,(H,32,35)(H,33,36). The summed E-state index contributed by atoms with van der Waals surface area (Å²) >= 11 is 11.8. The van der Waals surface area contributed by atoms with Crippen LogP contribution < -0.4 is 20.9 Å². The summed E-state index contributed by atoms with van der Waals surface area (Å²) in [6.45, 7) is 12.3. The summed E-state index contributed by atoms with van der Waals surface area (Å²) in [5, 5.41) is 8.99. The number of rotatable bonds is 25. The van der Waals surface area contributed by atoms with Crippen molar-refractivity contribution in [2.45, 2.75) is 32.7 Å². The van der Waals surface area contributed by atoms with Gasteiger partial charge in [-0.2, -0.15) is 0 Å². The lowest BCUT2D eigenvalue weighted by molar-refractivity contribution is -0.122. The molecule has 0 spiro atoms. The minimum atomic E-state index is -0.177. The maximum Gasteiger partial charge on any atom is 0.246 e. The van der Waals surface area contributed by atoms with E-state index in [0.29, 0.717) is 76.5 Å². The fourth-order valence-electron chi connectivity index (χ4n) is 3.40.